The summed E-state index contributed by atoms with van der Waals surface area (Å²) < 4.78 is 24.8. The lowest BCUT2D eigenvalue weighted by Gasteiger charge is -2.09. The van der Waals surface area contributed by atoms with E-state index in [1.165, 1.54) is 47.3 Å². The van der Waals surface area contributed by atoms with Gasteiger partial charge in [0.2, 0.25) is 6.79 Å². The highest BCUT2D eigenvalue weighted by Gasteiger charge is 2.17. The maximum Gasteiger partial charge on any atom is 0.298 e. The van der Waals surface area contributed by atoms with E-state index in [-0.39, 0.29) is 12.6 Å². The number of rotatable bonds is 3. The molecular weight excluding hydrogens is 341 g/mol. The Kier molecular flexibility index (Phi) is 3.85. The number of nitrogens with one attached hydrogen (secondary N) is 1. The van der Waals surface area contributed by atoms with Crippen molar-refractivity contribution < 1.29 is 18.7 Å². The van der Waals surface area contributed by atoms with Gasteiger partial charge in [-0.05, 0) is 42.5 Å². The Balaban J connectivity index is 1.62. The van der Waals surface area contributed by atoms with Gasteiger partial charge in [-0.15, -0.1) is 0 Å². The van der Waals surface area contributed by atoms with Crippen LogP contribution < -0.4 is 20.3 Å². The van der Waals surface area contributed by atoms with Crippen LogP contribution in [-0.4, -0.2) is 22.3 Å². The Hall–Kier alpha value is -3.68. The molecule has 1 N–H and O–H groups in total. The summed E-state index contributed by atoms with van der Waals surface area (Å²) in [4.78, 5) is 28.9. The van der Waals surface area contributed by atoms with Crippen molar-refractivity contribution in [1.82, 2.24) is 9.55 Å². The molecule has 0 unspecified atom stereocenters. The van der Waals surface area contributed by atoms with Gasteiger partial charge in [-0.2, -0.15) is 0 Å². The minimum atomic E-state index is -0.534. The zero-order chi connectivity index (χ0) is 18.1. The molecular formula is C18H12FN3O4. The van der Waals surface area contributed by atoms with Gasteiger partial charge in [0.15, 0.2) is 17.3 Å². The predicted molar refractivity (Wildman–Crippen MR) is 90.3 cm³/mol. The highest BCUT2D eigenvalue weighted by atomic mass is 19.1. The van der Waals surface area contributed by atoms with Gasteiger partial charge in [-0.25, -0.2) is 9.37 Å². The highest BCUT2D eigenvalue weighted by Crippen LogP contribution is 2.32. The van der Waals surface area contributed by atoms with Crippen LogP contribution in [-0.2, 0) is 0 Å². The fourth-order valence-corrected chi connectivity index (χ4v) is 2.52. The van der Waals surface area contributed by atoms with Crippen molar-refractivity contribution in [2.45, 2.75) is 0 Å². The molecule has 1 aromatic heterocycles. The van der Waals surface area contributed by atoms with E-state index in [0.29, 0.717) is 22.7 Å². The number of nitrogens with zero attached hydrogens (tertiary/aromatic N) is 2. The number of halogens is 1. The SMILES string of the molecule is O=C(Nc1nccn(-c2ccc(F)cc2)c1=O)c1ccc2c(c1)OCO2. The number of amides is 1. The first-order valence-electron chi connectivity index (χ1n) is 7.66. The third-order valence-electron chi connectivity index (χ3n) is 3.81. The van der Waals surface area contributed by atoms with Crippen molar-refractivity contribution >= 4 is 11.7 Å². The average Bonchev–Trinajstić information content (AvgIpc) is 3.12. The number of anilines is 1. The second-order valence-electron chi connectivity index (χ2n) is 5.45. The van der Waals surface area contributed by atoms with Gasteiger partial charge < -0.3 is 14.8 Å². The van der Waals surface area contributed by atoms with Crippen molar-refractivity contribution in [3.63, 3.8) is 0 Å². The highest BCUT2D eigenvalue weighted by molar-refractivity contribution is 6.04. The van der Waals surface area contributed by atoms with E-state index in [2.05, 4.69) is 10.3 Å². The Bertz CT molecular complexity index is 1050. The van der Waals surface area contributed by atoms with Crippen LogP contribution in [0.2, 0.25) is 0 Å². The van der Waals surface area contributed by atoms with Crippen LogP contribution in [0.25, 0.3) is 5.69 Å². The van der Waals surface area contributed by atoms with Crippen molar-refractivity contribution in [2.24, 2.45) is 0 Å². The molecule has 0 saturated heterocycles. The molecule has 0 atom stereocenters. The second kappa shape index (κ2) is 6.32. The molecule has 2 heterocycles. The number of aromatic nitrogens is 2. The molecule has 0 aliphatic carbocycles. The van der Waals surface area contributed by atoms with E-state index in [9.17, 15) is 14.0 Å². The molecule has 1 amide bonds. The minimum absolute atomic E-state index is 0.100. The van der Waals surface area contributed by atoms with E-state index < -0.39 is 17.3 Å². The lowest BCUT2D eigenvalue weighted by atomic mass is 10.2. The van der Waals surface area contributed by atoms with E-state index in [4.69, 9.17) is 9.47 Å². The van der Waals surface area contributed by atoms with Crippen molar-refractivity contribution in [1.29, 1.82) is 0 Å². The molecule has 7 nitrogen and oxygen atoms in total. The molecule has 0 radical (unpaired) electrons. The number of fused-ring (bicyclic) bond motifs is 1. The van der Waals surface area contributed by atoms with E-state index >= 15 is 0 Å². The molecule has 0 spiro atoms. The van der Waals surface area contributed by atoms with Gasteiger partial charge in [-0.1, -0.05) is 0 Å². The molecule has 8 heteroatoms. The first-order valence-corrected chi connectivity index (χ1v) is 7.66. The summed E-state index contributed by atoms with van der Waals surface area (Å²) in [5.74, 6) is -0.0446. The van der Waals surface area contributed by atoms with Gasteiger partial charge in [0.05, 0.1) is 0 Å². The van der Waals surface area contributed by atoms with Crippen molar-refractivity contribution in [3.05, 3.63) is 76.6 Å². The lowest BCUT2D eigenvalue weighted by molar-refractivity contribution is 0.102. The van der Waals surface area contributed by atoms with Gasteiger partial charge >= 0.3 is 0 Å². The molecule has 1 aliphatic heterocycles. The fourth-order valence-electron chi connectivity index (χ4n) is 2.52. The van der Waals surface area contributed by atoms with Crippen LogP contribution in [0.4, 0.5) is 10.2 Å². The average molecular weight is 353 g/mol. The summed E-state index contributed by atoms with van der Waals surface area (Å²) in [6.45, 7) is 0.100. The zero-order valence-corrected chi connectivity index (χ0v) is 13.3. The maximum absolute atomic E-state index is 13.1. The Morgan fingerprint density at radius 1 is 1.12 bits per heavy atom. The van der Waals surface area contributed by atoms with Gasteiger partial charge in [0.1, 0.15) is 5.82 Å². The Morgan fingerprint density at radius 3 is 2.69 bits per heavy atom. The smallest absolute Gasteiger partial charge is 0.298 e. The van der Waals surface area contributed by atoms with E-state index in [1.807, 2.05) is 0 Å². The van der Waals surface area contributed by atoms with Gasteiger partial charge in [0.25, 0.3) is 11.5 Å². The number of carbonyl (C=O) groups excluding carboxylic acids is 1. The summed E-state index contributed by atoms with van der Waals surface area (Å²) in [6.07, 6.45) is 2.81. The molecule has 130 valence electrons. The van der Waals surface area contributed by atoms with E-state index in [0.717, 1.165) is 0 Å². The second-order valence-corrected chi connectivity index (χ2v) is 5.45. The molecule has 3 aromatic rings. The summed E-state index contributed by atoms with van der Waals surface area (Å²) in [5.41, 5.74) is 0.221. The standard InChI is InChI=1S/C18H12FN3O4/c19-12-2-4-13(5-3-12)22-8-7-20-16(18(22)24)21-17(23)11-1-6-14-15(9-11)26-10-25-14/h1-9H,10H2,(H,20,21,23). The van der Waals surface area contributed by atoms with Crippen molar-refractivity contribution in [3.8, 4) is 17.2 Å². The first kappa shape index (κ1) is 15.8. The van der Waals surface area contributed by atoms with Gasteiger partial charge in [0, 0.05) is 23.6 Å². The third-order valence-corrected chi connectivity index (χ3v) is 3.81. The van der Waals surface area contributed by atoms with E-state index in [1.54, 1.807) is 12.1 Å². The molecule has 0 bridgehead atoms. The summed E-state index contributed by atoms with van der Waals surface area (Å²) in [5, 5.41) is 2.49. The molecule has 1 aliphatic rings. The quantitative estimate of drug-likeness (QED) is 0.782. The Morgan fingerprint density at radius 2 is 1.88 bits per heavy atom. The maximum atomic E-state index is 13.1. The number of carbonyl (C=O) groups is 1. The van der Waals surface area contributed by atoms with Crippen LogP contribution in [0.1, 0.15) is 10.4 Å². The Labute approximate surface area is 146 Å². The number of ether oxygens (including phenoxy) is 2. The topological polar surface area (TPSA) is 82.5 Å². The summed E-state index contributed by atoms with van der Waals surface area (Å²) >= 11 is 0. The molecule has 0 fully saturated rings. The zero-order valence-electron chi connectivity index (χ0n) is 13.3. The number of benzene rings is 2. The molecule has 2 aromatic carbocycles. The lowest BCUT2D eigenvalue weighted by Crippen LogP contribution is -2.26. The van der Waals surface area contributed by atoms with Gasteiger partial charge in [-0.3, -0.25) is 14.2 Å². The van der Waals surface area contributed by atoms with Crippen LogP contribution in [0, 0.1) is 5.82 Å². The summed E-state index contributed by atoms with van der Waals surface area (Å²) in [6, 6.07) is 10.1. The predicted octanol–water partition coefficient (Wildman–Crippen LogP) is 2.35. The molecule has 26 heavy (non-hydrogen) atoms. The first-order chi connectivity index (χ1) is 12.6. The van der Waals surface area contributed by atoms with Crippen LogP contribution in [0.5, 0.6) is 11.5 Å². The van der Waals surface area contributed by atoms with Crippen molar-refractivity contribution in [2.75, 3.05) is 12.1 Å². The number of hydrogen-bond acceptors (Lipinski definition) is 5. The summed E-state index contributed by atoms with van der Waals surface area (Å²) in [7, 11) is 0. The third kappa shape index (κ3) is 2.88. The number of hydrogen-bond donors (Lipinski definition) is 1. The fraction of sp³-hybridized carbons (Fsp3) is 0.0556. The van der Waals surface area contributed by atoms with Crippen LogP contribution >= 0.6 is 0 Å². The largest absolute Gasteiger partial charge is 0.454 e. The normalized spacial score (nSPS) is 12.0. The molecule has 4 rings (SSSR count). The van der Waals surface area contributed by atoms with Crippen LogP contribution in [0.15, 0.2) is 59.7 Å². The monoisotopic (exact) mass is 353 g/mol. The van der Waals surface area contributed by atoms with Crippen LogP contribution in [0.3, 0.4) is 0 Å². The minimum Gasteiger partial charge on any atom is -0.454 e. The molecule has 0 saturated carbocycles.